The van der Waals surface area contributed by atoms with Crippen molar-refractivity contribution < 1.29 is 16.8 Å². The molecule has 9 heteroatoms. The smallest absolute Gasteiger partial charge is 0.240 e. The van der Waals surface area contributed by atoms with E-state index in [2.05, 4.69) is 26.7 Å². The molecule has 3 rings (SSSR count). The minimum atomic E-state index is -3.78. The van der Waals surface area contributed by atoms with Gasteiger partial charge in [-0.25, -0.2) is 21.6 Å². The second-order valence-corrected chi connectivity index (χ2v) is 11.1. The summed E-state index contributed by atoms with van der Waals surface area (Å²) in [5, 5.41) is 0. The number of anilines is 1. The van der Waals surface area contributed by atoms with Crippen LogP contribution < -0.4 is 9.62 Å². The first-order valence-electron chi connectivity index (χ1n) is 9.51. The van der Waals surface area contributed by atoms with Crippen molar-refractivity contribution in [1.29, 1.82) is 0 Å². The summed E-state index contributed by atoms with van der Waals surface area (Å²) in [7, 11) is -7.25. The number of piperazine rings is 1. The fraction of sp³-hybridized carbons (Fsp3) is 0.400. The van der Waals surface area contributed by atoms with Crippen LogP contribution in [0.4, 0.5) is 5.69 Å². The van der Waals surface area contributed by atoms with E-state index in [4.69, 9.17) is 0 Å². The van der Waals surface area contributed by atoms with Crippen molar-refractivity contribution in [3.63, 3.8) is 0 Å². The van der Waals surface area contributed by atoms with Crippen LogP contribution in [0.3, 0.4) is 0 Å². The average molecular weight is 438 g/mol. The highest BCUT2D eigenvalue weighted by Crippen LogP contribution is 2.18. The van der Waals surface area contributed by atoms with E-state index >= 15 is 0 Å². The van der Waals surface area contributed by atoms with Crippen molar-refractivity contribution in [3.05, 3.63) is 54.6 Å². The lowest BCUT2D eigenvalue weighted by molar-refractivity contribution is 0.198. The molecule has 0 spiro atoms. The summed E-state index contributed by atoms with van der Waals surface area (Å²) in [6.45, 7) is 5.72. The molecule has 1 atom stereocenters. The van der Waals surface area contributed by atoms with Gasteiger partial charge in [-0.05, 0) is 37.3 Å². The van der Waals surface area contributed by atoms with Crippen LogP contribution in [-0.2, 0) is 19.9 Å². The molecule has 0 radical (unpaired) electrons. The number of rotatable bonds is 7. The summed E-state index contributed by atoms with van der Waals surface area (Å²) in [6, 6.07) is 15.7. The molecule has 1 unspecified atom stereocenters. The monoisotopic (exact) mass is 437 g/mol. The van der Waals surface area contributed by atoms with Gasteiger partial charge in [0.15, 0.2) is 9.84 Å². The Kier molecular flexibility index (Phi) is 6.62. The zero-order valence-corrected chi connectivity index (χ0v) is 18.3. The van der Waals surface area contributed by atoms with E-state index in [1.54, 1.807) is 0 Å². The van der Waals surface area contributed by atoms with Crippen molar-refractivity contribution in [1.82, 2.24) is 9.62 Å². The molecule has 1 fully saturated rings. The molecule has 29 heavy (non-hydrogen) atoms. The molecule has 0 amide bonds. The van der Waals surface area contributed by atoms with Crippen LogP contribution in [0.2, 0.25) is 0 Å². The zero-order valence-electron chi connectivity index (χ0n) is 16.7. The molecule has 1 N–H and O–H groups in total. The molecule has 0 aliphatic carbocycles. The van der Waals surface area contributed by atoms with E-state index < -0.39 is 19.9 Å². The second kappa shape index (κ2) is 8.83. The number of para-hydroxylation sites is 1. The molecule has 1 aliphatic rings. The Morgan fingerprint density at radius 3 is 2.14 bits per heavy atom. The number of nitrogens with one attached hydrogen (secondary N) is 1. The third-order valence-electron chi connectivity index (χ3n) is 5.17. The number of benzene rings is 2. The van der Waals surface area contributed by atoms with E-state index in [9.17, 15) is 16.8 Å². The lowest BCUT2D eigenvalue weighted by Crippen LogP contribution is -2.52. The van der Waals surface area contributed by atoms with Gasteiger partial charge < -0.3 is 4.90 Å². The van der Waals surface area contributed by atoms with Crippen LogP contribution in [0.15, 0.2) is 64.4 Å². The van der Waals surface area contributed by atoms with Gasteiger partial charge >= 0.3 is 0 Å². The van der Waals surface area contributed by atoms with Gasteiger partial charge in [-0.2, -0.15) is 0 Å². The van der Waals surface area contributed by atoms with Crippen LogP contribution >= 0.6 is 0 Å². The van der Waals surface area contributed by atoms with Crippen LogP contribution in [0.25, 0.3) is 0 Å². The summed E-state index contributed by atoms with van der Waals surface area (Å²) in [6.07, 6.45) is 1.06. The number of nitrogens with zero attached hydrogens (tertiary/aromatic N) is 2. The molecular weight excluding hydrogens is 410 g/mol. The van der Waals surface area contributed by atoms with E-state index in [-0.39, 0.29) is 22.4 Å². The third kappa shape index (κ3) is 5.57. The van der Waals surface area contributed by atoms with Crippen LogP contribution in [0.1, 0.15) is 6.92 Å². The summed E-state index contributed by atoms with van der Waals surface area (Å²) in [5.74, 6) is 0. The van der Waals surface area contributed by atoms with Crippen molar-refractivity contribution >= 4 is 25.5 Å². The molecule has 2 aromatic rings. The highest BCUT2D eigenvalue weighted by Gasteiger charge is 2.23. The number of hydrogen-bond donors (Lipinski definition) is 1. The average Bonchev–Trinajstić information content (AvgIpc) is 2.72. The second-order valence-electron chi connectivity index (χ2n) is 7.31. The maximum absolute atomic E-state index is 12.6. The number of sulfone groups is 1. The third-order valence-corrected chi connectivity index (χ3v) is 7.70. The number of sulfonamides is 1. The minimum absolute atomic E-state index is 0.00884. The highest BCUT2D eigenvalue weighted by molar-refractivity contribution is 7.91. The fourth-order valence-corrected chi connectivity index (χ4v) is 5.28. The minimum Gasteiger partial charge on any atom is -0.369 e. The summed E-state index contributed by atoms with van der Waals surface area (Å²) < 4.78 is 51.2. The van der Waals surface area contributed by atoms with Gasteiger partial charge in [-0.15, -0.1) is 0 Å². The Morgan fingerprint density at radius 1 is 0.897 bits per heavy atom. The van der Waals surface area contributed by atoms with E-state index in [1.165, 1.54) is 30.0 Å². The largest absolute Gasteiger partial charge is 0.369 e. The Morgan fingerprint density at radius 2 is 1.52 bits per heavy atom. The van der Waals surface area contributed by atoms with E-state index in [0.717, 1.165) is 32.4 Å². The normalized spacial score (nSPS) is 17.2. The quantitative estimate of drug-likeness (QED) is 0.708. The van der Waals surface area contributed by atoms with Crippen molar-refractivity contribution in [2.45, 2.75) is 22.8 Å². The van der Waals surface area contributed by atoms with Gasteiger partial charge in [-0.3, -0.25) is 4.90 Å². The molecular formula is C20H27N3O4S2. The van der Waals surface area contributed by atoms with Crippen molar-refractivity contribution in [3.8, 4) is 0 Å². The Bertz CT molecular complexity index is 1030. The first-order chi connectivity index (χ1) is 13.7. The number of hydrogen-bond acceptors (Lipinski definition) is 6. The van der Waals surface area contributed by atoms with Gasteiger partial charge in [0.25, 0.3) is 0 Å². The molecule has 7 nitrogen and oxygen atoms in total. The van der Waals surface area contributed by atoms with Gasteiger partial charge in [0, 0.05) is 50.7 Å². The van der Waals surface area contributed by atoms with Crippen molar-refractivity contribution in [2.24, 2.45) is 0 Å². The fourth-order valence-electron chi connectivity index (χ4n) is 3.37. The van der Waals surface area contributed by atoms with Crippen LogP contribution in [0, 0.1) is 0 Å². The molecule has 1 heterocycles. The molecule has 1 saturated heterocycles. The summed E-state index contributed by atoms with van der Waals surface area (Å²) in [5.41, 5.74) is 1.20. The first kappa shape index (κ1) is 21.8. The van der Waals surface area contributed by atoms with E-state index in [1.807, 2.05) is 25.1 Å². The van der Waals surface area contributed by atoms with Crippen LogP contribution in [0.5, 0.6) is 0 Å². The van der Waals surface area contributed by atoms with Gasteiger partial charge in [0.05, 0.1) is 9.79 Å². The SMILES string of the molecule is CC(CNS(=O)(=O)c1cccc(S(C)(=O)=O)c1)N1CCN(c2ccccc2)CC1. The molecule has 1 aliphatic heterocycles. The molecule has 158 valence electrons. The summed E-state index contributed by atoms with van der Waals surface area (Å²) in [4.78, 5) is 4.53. The zero-order chi connectivity index (χ0) is 21.1. The predicted molar refractivity (Wildman–Crippen MR) is 114 cm³/mol. The van der Waals surface area contributed by atoms with Crippen LogP contribution in [-0.4, -0.2) is 66.8 Å². The van der Waals surface area contributed by atoms with Gasteiger partial charge in [0.1, 0.15) is 0 Å². The lowest BCUT2D eigenvalue weighted by atomic mass is 10.2. The van der Waals surface area contributed by atoms with Gasteiger partial charge in [0.2, 0.25) is 10.0 Å². The Labute approximate surface area is 173 Å². The highest BCUT2D eigenvalue weighted by atomic mass is 32.2. The molecule has 0 bridgehead atoms. The molecule has 0 saturated carbocycles. The maximum atomic E-state index is 12.6. The topological polar surface area (TPSA) is 86.8 Å². The van der Waals surface area contributed by atoms with Gasteiger partial charge in [-0.1, -0.05) is 24.3 Å². The lowest BCUT2D eigenvalue weighted by Gasteiger charge is -2.39. The Balaban J connectivity index is 1.57. The first-order valence-corrected chi connectivity index (χ1v) is 12.9. The van der Waals surface area contributed by atoms with Crippen molar-refractivity contribution in [2.75, 3.05) is 43.9 Å². The standard InChI is InChI=1S/C20H27N3O4S2/c1-17(22-11-13-23(14-12-22)18-7-4-3-5-8-18)16-21-29(26,27)20-10-6-9-19(15-20)28(2,24)25/h3-10,15,17,21H,11-14,16H2,1-2H3. The predicted octanol–water partition coefficient (Wildman–Crippen LogP) is 1.58. The molecule has 2 aromatic carbocycles. The van der Waals surface area contributed by atoms with E-state index in [0.29, 0.717) is 0 Å². The Hall–Kier alpha value is -1.94. The molecule has 0 aromatic heterocycles. The maximum Gasteiger partial charge on any atom is 0.240 e. The summed E-state index contributed by atoms with van der Waals surface area (Å²) >= 11 is 0.